The van der Waals surface area contributed by atoms with Gasteiger partial charge in [0.25, 0.3) is 0 Å². The predicted molar refractivity (Wildman–Crippen MR) is 73.1 cm³/mol. The van der Waals surface area contributed by atoms with Crippen LogP contribution in [0.15, 0.2) is 24.3 Å². The molecular formula is C13H25NS. The van der Waals surface area contributed by atoms with Crippen molar-refractivity contribution in [1.29, 1.82) is 0 Å². The van der Waals surface area contributed by atoms with Gasteiger partial charge in [0, 0.05) is 5.54 Å². The molecular weight excluding hydrogens is 202 g/mol. The second kappa shape index (κ2) is 5.76. The number of nitrogens with zero attached hydrogens (tertiary/aromatic N) is 1. The maximum atomic E-state index is 2.31. The summed E-state index contributed by atoms with van der Waals surface area (Å²) in [5.41, 5.74) is 0.190. The third-order valence-corrected chi connectivity index (χ3v) is 3.76. The second-order valence-corrected chi connectivity index (χ2v) is 6.55. The minimum Gasteiger partial charge on any atom is -0.247 e. The van der Waals surface area contributed by atoms with Crippen LogP contribution in [0.25, 0.3) is 0 Å². The van der Waals surface area contributed by atoms with Crippen LogP contribution < -0.4 is 0 Å². The molecule has 0 saturated carbocycles. The number of allylic oxidation sites excluding steroid dienone is 2. The predicted octanol–water partition coefficient (Wildman–Crippen LogP) is 4.28. The lowest BCUT2D eigenvalue weighted by atomic mass is 10.1. The maximum Gasteiger partial charge on any atom is 0.0637 e. The highest BCUT2D eigenvalue weighted by molar-refractivity contribution is 7.98. The summed E-state index contributed by atoms with van der Waals surface area (Å²) in [5, 5.41) is 0. The Kier molecular flexibility index (Phi) is 5.68. The van der Waals surface area contributed by atoms with Crippen molar-refractivity contribution in [3.05, 3.63) is 24.3 Å². The van der Waals surface area contributed by atoms with E-state index in [1.807, 2.05) is 11.9 Å². The Labute approximate surface area is 99.8 Å². The van der Waals surface area contributed by atoms with Gasteiger partial charge in [0.1, 0.15) is 0 Å². The largest absolute Gasteiger partial charge is 0.247 e. The summed E-state index contributed by atoms with van der Waals surface area (Å²) in [6.45, 7) is 13.1. The molecule has 0 radical (unpaired) electrons. The summed E-state index contributed by atoms with van der Waals surface area (Å²) in [6.07, 6.45) is 8.70. The Bertz CT molecular complexity index is 223. The molecule has 0 aromatic carbocycles. The molecule has 0 rings (SSSR count). The maximum absolute atomic E-state index is 2.31. The van der Waals surface area contributed by atoms with Gasteiger partial charge in [-0.25, -0.2) is 4.31 Å². The third kappa shape index (κ3) is 5.43. The zero-order valence-electron chi connectivity index (χ0n) is 11.2. The minimum atomic E-state index is 0.0610. The van der Waals surface area contributed by atoms with E-state index in [9.17, 15) is 0 Å². The molecule has 1 nitrogen and oxygen atoms in total. The van der Waals surface area contributed by atoms with Crippen LogP contribution >= 0.6 is 11.9 Å². The van der Waals surface area contributed by atoms with Crippen LogP contribution in [0, 0.1) is 0 Å². The molecule has 0 N–H and O–H groups in total. The van der Waals surface area contributed by atoms with E-state index >= 15 is 0 Å². The van der Waals surface area contributed by atoms with E-state index in [2.05, 4.69) is 77.2 Å². The van der Waals surface area contributed by atoms with Gasteiger partial charge in [0.05, 0.1) is 4.75 Å². The number of hydrogen-bond acceptors (Lipinski definition) is 2. The van der Waals surface area contributed by atoms with E-state index in [1.54, 1.807) is 0 Å². The smallest absolute Gasteiger partial charge is 0.0637 e. The fourth-order valence-electron chi connectivity index (χ4n) is 1.21. The van der Waals surface area contributed by atoms with E-state index in [-0.39, 0.29) is 10.3 Å². The number of hydrogen-bond donors (Lipinski definition) is 0. The van der Waals surface area contributed by atoms with E-state index in [0.717, 1.165) is 0 Å². The molecule has 0 bridgehead atoms. The first-order valence-electron chi connectivity index (χ1n) is 5.46. The van der Waals surface area contributed by atoms with E-state index < -0.39 is 0 Å². The van der Waals surface area contributed by atoms with E-state index in [4.69, 9.17) is 0 Å². The highest BCUT2D eigenvalue weighted by atomic mass is 32.2. The third-order valence-electron chi connectivity index (χ3n) is 2.27. The molecule has 0 unspecified atom stereocenters. The molecule has 0 fully saturated rings. The molecule has 0 amide bonds. The minimum absolute atomic E-state index is 0.0610. The first kappa shape index (κ1) is 14.8. The first-order chi connectivity index (χ1) is 6.75. The summed E-state index contributed by atoms with van der Waals surface area (Å²) in [4.78, 5) is 0. The summed E-state index contributed by atoms with van der Waals surface area (Å²) in [7, 11) is 2.15. The summed E-state index contributed by atoms with van der Waals surface area (Å²) in [5.74, 6) is 0. The lowest BCUT2D eigenvalue weighted by molar-refractivity contribution is 0.317. The lowest BCUT2D eigenvalue weighted by Crippen LogP contribution is -2.36. The SMILES string of the molecule is CC=CC(C)(C=CC)SN(C)C(C)(C)C. The summed E-state index contributed by atoms with van der Waals surface area (Å²) < 4.78 is 2.37. The van der Waals surface area contributed by atoms with E-state index in [0.29, 0.717) is 0 Å². The van der Waals surface area contributed by atoms with Gasteiger partial charge < -0.3 is 0 Å². The molecule has 88 valence electrons. The Morgan fingerprint density at radius 2 is 1.33 bits per heavy atom. The van der Waals surface area contributed by atoms with Crippen LogP contribution in [0.2, 0.25) is 0 Å². The van der Waals surface area contributed by atoms with Crippen molar-refractivity contribution in [2.24, 2.45) is 0 Å². The molecule has 0 spiro atoms. The zero-order chi connectivity index (χ0) is 12.1. The van der Waals surface area contributed by atoms with Crippen LogP contribution in [0.1, 0.15) is 41.5 Å². The van der Waals surface area contributed by atoms with Crippen molar-refractivity contribution in [2.45, 2.75) is 51.8 Å². The van der Waals surface area contributed by atoms with Gasteiger partial charge in [-0.3, -0.25) is 0 Å². The van der Waals surface area contributed by atoms with Gasteiger partial charge in [-0.05, 0) is 48.6 Å². The lowest BCUT2D eigenvalue weighted by Gasteiger charge is -2.36. The molecule has 0 aromatic rings. The standard InChI is InChI=1S/C13H25NS/c1-8-10-13(6,11-9-2)15-14(7)12(3,4)5/h8-11H,1-7H3. The van der Waals surface area contributed by atoms with Gasteiger partial charge in [0.2, 0.25) is 0 Å². The molecule has 0 atom stereocenters. The average molecular weight is 227 g/mol. The molecule has 0 aliphatic rings. The summed E-state index contributed by atoms with van der Waals surface area (Å²) in [6, 6.07) is 0. The second-order valence-electron chi connectivity index (χ2n) is 4.94. The van der Waals surface area contributed by atoms with Crippen LogP contribution in [-0.2, 0) is 0 Å². The quantitative estimate of drug-likeness (QED) is 0.521. The van der Waals surface area contributed by atoms with Crippen molar-refractivity contribution in [1.82, 2.24) is 4.31 Å². The normalized spacial score (nSPS) is 17.9. The van der Waals surface area contributed by atoms with Crippen LogP contribution in [0.4, 0.5) is 0 Å². The average Bonchev–Trinajstić information content (AvgIpc) is 2.02. The van der Waals surface area contributed by atoms with Crippen LogP contribution in [0.3, 0.4) is 0 Å². The topological polar surface area (TPSA) is 3.24 Å². The fraction of sp³-hybridized carbons (Fsp3) is 0.692. The molecule has 2 heteroatoms. The molecule has 0 aliphatic carbocycles. The van der Waals surface area contributed by atoms with Crippen LogP contribution in [-0.4, -0.2) is 21.6 Å². The Balaban J connectivity index is 4.70. The highest BCUT2D eigenvalue weighted by Gasteiger charge is 2.26. The Morgan fingerprint density at radius 1 is 0.933 bits per heavy atom. The zero-order valence-corrected chi connectivity index (χ0v) is 12.0. The molecule has 0 saturated heterocycles. The fourth-order valence-corrected chi connectivity index (χ4v) is 2.47. The van der Waals surface area contributed by atoms with Gasteiger partial charge in [-0.15, -0.1) is 0 Å². The van der Waals surface area contributed by atoms with E-state index in [1.165, 1.54) is 0 Å². The van der Waals surface area contributed by atoms with Crippen LogP contribution in [0.5, 0.6) is 0 Å². The van der Waals surface area contributed by atoms with Crippen molar-refractivity contribution in [3.63, 3.8) is 0 Å². The van der Waals surface area contributed by atoms with Crippen molar-refractivity contribution < 1.29 is 0 Å². The van der Waals surface area contributed by atoms with Gasteiger partial charge >= 0.3 is 0 Å². The van der Waals surface area contributed by atoms with Crippen molar-refractivity contribution >= 4 is 11.9 Å². The van der Waals surface area contributed by atoms with Gasteiger partial charge in [-0.1, -0.05) is 36.3 Å². The molecule has 0 heterocycles. The Morgan fingerprint density at radius 3 is 1.60 bits per heavy atom. The monoisotopic (exact) mass is 227 g/mol. The first-order valence-corrected chi connectivity index (χ1v) is 6.23. The number of rotatable bonds is 4. The Hall–Kier alpha value is -0.210. The van der Waals surface area contributed by atoms with Gasteiger partial charge in [-0.2, -0.15) is 0 Å². The van der Waals surface area contributed by atoms with Gasteiger partial charge in [0.15, 0.2) is 0 Å². The molecule has 0 aliphatic heterocycles. The summed E-state index contributed by atoms with van der Waals surface area (Å²) >= 11 is 1.86. The molecule has 0 aromatic heterocycles. The molecule has 15 heavy (non-hydrogen) atoms. The highest BCUT2D eigenvalue weighted by Crippen LogP contribution is 2.34. The van der Waals surface area contributed by atoms with Crippen molar-refractivity contribution in [2.75, 3.05) is 7.05 Å². The van der Waals surface area contributed by atoms with Crippen molar-refractivity contribution in [3.8, 4) is 0 Å².